The SMILES string of the molecule is CCn1nc(C)cc1C(=O)NCC(=O)N(C)Cc1ccccc1. The molecule has 1 aromatic heterocycles. The van der Waals surface area contributed by atoms with Crippen LogP contribution < -0.4 is 5.32 Å². The number of amides is 2. The summed E-state index contributed by atoms with van der Waals surface area (Å²) in [5, 5.41) is 6.89. The molecular formula is C17H22N4O2. The number of nitrogens with zero attached hydrogens (tertiary/aromatic N) is 3. The summed E-state index contributed by atoms with van der Waals surface area (Å²) in [6, 6.07) is 11.4. The zero-order valence-electron chi connectivity index (χ0n) is 13.7. The van der Waals surface area contributed by atoms with Crippen LogP contribution in [0.25, 0.3) is 0 Å². The van der Waals surface area contributed by atoms with Gasteiger partial charge in [0, 0.05) is 20.1 Å². The molecule has 122 valence electrons. The van der Waals surface area contributed by atoms with Gasteiger partial charge in [0.05, 0.1) is 12.2 Å². The Morgan fingerprint density at radius 3 is 2.61 bits per heavy atom. The quantitative estimate of drug-likeness (QED) is 0.880. The minimum Gasteiger partial charge on any atom is -0.342 e. The van der Waals surface area contributed by atoms with Gasteiger partial charge in [-0.1, -0.05) is 30.3 Å². The van der Waals surface area contributed by atoms with E-state index in [4.69, 9.17) is 0 Å². The average molecular weight is 314 g/mol. The fraction of sp³-hybridized carbons (Fsp3) is 0.353. The van der Waals surface area contributed by atoms with E-state index in [1.54, 1.807) is 22.7 Å². The molecule has 0 aliphatic rings. The molecule has 0 aliphatic heterocycles. The molecule has 2 aromatic rings. The van der Waals surface area contributed by atoms with Crippen LogP contribution in [0.2, 0.25) is 0 Å². The van der Waals surface area contributed by atoms with E-state index in [9.17, 15) is 9.59 Å². The van der Waals surface area contributed by atoms with Gasteiger partial charge in [-0.15, -0.1) is 0 Å². The van der Waals surface area contributed by atoms with Crippen molar-refractivity contribution in [3.63, 3.8) is 0 Å². The summed E-state index contributed by atoms with van der Waals surface area (Å²) in [4.78, 5) is 25.9. The first-order valence-electron chi connectivity index (χ1n) is 7.61. The van der Waals surface area contributed by atoms with Crippen molar-refractivity contribution in [2.24, 2.45) is 0 Å². The van der Waals surface area contributed by atoms with E-state index < -0.39 is 0 Å². The predicted molar refractivity (Wildman–Crippen MR) is 87.9 cm³/mol. The lowest BCUT2D eigenvalue weighted by molar-refractivity contribution is -0.129. The normalized spacial score (nSPS) is 10.4. The van der Waals surface area contributed by atoms with Gasteiger partial charge in [0.1, 0.15) is 5.69 Å². The maximum atomic E-state index is 12.2. The summed E-state index contributed by atoms with van der Waals surface area (Å²) in [5.41, 5.74) is 2.31. The van der Waals surface area contributed by atoms with Crippen LogP contribution in [0.1, 0.15) is 28.7 Å². The van der Waals surface area contributed by atoms with Crippen LogP contribution >= 0.6 is 0 Å². The fourth-order valence-corrected chi connectivity index (χ4v) is 2.30. The highest BCUT2D eigenvalue weighted by atomic mass is 16.2. The number of nitrogens with one attached hydrogen (secondary N) is 1. The number of hydrogen-bond acceptors (Lipinski definition) is 3. The lowest BCUT2D eigenvalue weighted by atomic mass is 10.2. The standard InChI is InChI=1S/C17H22N4O2/c1-4-21-15(10-13(2)19-21)17(23)18-11-16(22)20(3)12-14-8-6-5-7-9-14/h5-10H,4,11-12H2,1-3H3,(H,18,23). The van der Waals surface area contributed by atoms with Crippen LogP contribution in [0.4, 0.5) is 0 Å². The molecule has 0 unspecified atom stereocenters. The van der Waals surface area contributed by atoms with Crippen molar-refractivity contribution in [1.29, 1.82) is 0 Å². The van der Waals surface area contributed by atoms with Crippen LogP contribution in [0.3, 0.4) is 0 Å². The summed E-state index contributed by atoms with van der Waals surface area (Å²) in [7, 11) is 1.72. The third kappa shape index (κ3) is 4.42. The number of carbonyl (C=O) groups is 2. The van der Waals surface area contributed by atoms with Gasteiger partial charge >= 0.3 is 0 Å². The highest BCUT2D eigenvalue weighted by molar-refractivity contribution is 5.95. The minimum atomic E-state index is -0.283. The molecule has 6 heteroatoms. The van der Waals surface area contributed by atoms with Gasteiger partial charge < -0.3 is 10.2 Å². The summed E-state index contributed by atoms with van der Waals surface area (Å²) >= 11 is 0. The first kappa shape index (κ1) is 16.7. The van der Waals surface area contributed by atoms with Crippen molar-refractivity contribution in [3.8, 4) is 0 Å². The van der Waals surface area contributed by atoms with Crippen molar-refractivity contribution in [2.45, 2.75) is 26.9 Å². The molecule has 2 rings (SSSR count). The van der Waals surface area contributed by atoms with Gasteiger partial charge in [-0.25, -0.2) is 0 Å². The highest BCUT2D eigenvalue weighted by Crippen LogP contribution is 2.04. The zero-order chi connectivity index (χ0) is 16.8. The van der Waals surface area contributed by atoms with Crippen molar-refractivity contribution in [3.05, 3.63) is 53.3 Å². The third-order valence-electron chi connectivity index (χ3n) is 3.52. The first-order chi connectivity index (χ1) is 11.0. The number of likely N-dealkylation sites (N-methyl/N-ethyl adjacent to an activating group) is 1. The van der Waals surface area contributed by atoms with Gasteiger partial charge in [0.25, 0.3) is 5.91 Å². The van der Waals surface area contributed by atoms with Crippen LogP contribution in [0.5, 0.6) is 0 Å². The van der Waals surface area contributed by atoms with E-state index in [2.05, 4.69) is 10.4 Å². The largest absolute Gasteiger partial charge is 0.342 e. The number of aromatic nitrogens is 2. The van der Waals surface area contributed by atoms with Gasteiger partial charge in [-0.05, 0) is 25.5 Å². The van der Waals surface area contributed by atoms with Crippen LogP contribution in [0.15, 0.2) is 36.4 Å². The first-order valence-corrected chi connectivity index (χ1v) is 7.61. The average Bonchev–Trinajstić information content (AvgIpc) is 2.94. The smallest absolute Gasteiger partial charge is 0.269 e. The van der Waals surface area contributed by atoms with Crippen molar-refractivity contribution in [2.75, 3.05) is 13.6 Å². The van der Waals surface area contributed by atoms with E-state index in [0.29, 0.717) is 18.8 Å². The Balaban J connectivity index is 1.89. The Labute approximate surface area is 136 Å². The molecule has 0 spiro atoms. The zero-order valence-corrected chi connectivity index (χ0v) is 13.7. The third-order valence-corrected chi connectivity index (χ3v) is 3.52. The Morgan fingerprint density at radius 1 is 1.26 bits per heavy atom. The number of carbonyl (C=O) groups excluding carboxylic acids is 2. The second kappa shape index (κ2) is 7.58. The second-order valence-electron chi connectivity index (χ2n) is 5.40. The summed E-state index contributed by atoms with van der Waals surface area (Å²) in [6.07, 6.45) is 0. The molecular weight excluding hydrogens is 292 g/mol. The predicted octanol–water partition coefficient (Wildman–Crippen LogP) is 1.60. The van der Waals surface area contributed by atoms with Crippen molar-refractivity contribution < 1.29 is 9.59 Å². The molecule has 0 atom stereocenters. The van der Waals surface area contributed by atoms with Gasteiger partial charge in [-0.2, -0.15) is 5.10 Å². The van der Waals surface area contributed by atoms with Crippen LogP contribution in [0, 0.1) is 6.92 Å². The molecule has 1 aromatic carbocycles. The number of rotatable bonds is 6. The molecule has 2 amide bonds. The van der Waals surface area contributed by atoms with Gasteiger partial charge in [0.2, 0.25) is 5.91 Å². The Bertz CT molecular complexity index is 679. The molecule has 1 heterocycles. The van der Waals surface area contributed by atoms with Crippen molar-refractivity contribution in [1.82, 2.24) is 20.0 Å². The second-order valence-corrected chi connectivity index (χ2v) is 5.40. The van der Waals surface area contributed by atoms with Crippen LogP contribution in [-0.4, -0.2) is 40.1 Å². The topological polar surface area (TPSA) is 67.2 Å². The lowest BCUT2D eigenvalue weighted by Crippen LogP contribution is -2.38. The number of aryl methyl sites for hydroxylation is 2. The molecule has 0 fully saturated rings. The van der Waals surface area contributed by atoms with Gasteiger partial charge in [-0.3, -0.25) is 14.3 Å². The molecule has 0 saturated carbocycles. The number of benzene rings is 1. The van der Waals surface area contributed by atoms with Crippen LogP contribution in [-0.2, 0) is 17.9 Å². The fourth-order valence-electron chi connectivity index (χ4n) is 2.30. The molecule has 0 bridgehead atoms. The van der Waals surface area contributed by atoms with E-state index >= 15 is 0 Å². The minimum absolute atomic E-state index is 0.0316. The summed E-state index contributed by atoms with van der Waals surface area (Å²) in [5.74, 6) is -0.421. The van der Waals surface area contributed by atoms with E-state index in [1.165, 1.54) is 0 Å². The van der Waals surface area contributed by atoms with Gasteiger partial charge in [0.15, 0.2) is 0 Å². The number of hydrogen-bond donors (Lipinski definition) is 1. The summed E-state index contributed by atoms with van der Waals surface area (Å²) < 4.78 is 1.63. The monoisotopic (exact) mass is 314 g/mol. The molecule has 0 radical (unpaired) electrons. The van der Waals surface area contributed by atoms with Crippen molar-refractivity contribution >= 4 is 11.8 Å². The maximum absolute atomic E-state index is 12.2. The molecule has 0 aliphatic carbocycles. The molecule has 6 nitrogen and oxygen atoms in total. The maximum Gasteiger partial charge on any atom is 0.269 e. The lowest BCUT2D eigenvalue weighted by Gasteiger charge is -2.17. The molecule has 23 heavy (non-hydrogen) atoms. The summed E-state index contributed by atoms with van der Waals surface area (Å²) in [6.45, 7) is 4.85. The van der Waals surface area contributed by atoms with E-state index in [0.717, 1.165) is 11.3 Å². The molecule has 1 N–H and O–H groups in total. The Morgan fingerprint density at radius 2 is 1.96 bits per heavy atom. The highest BCUT2D eigenvalue weighted by Gasteiger charge is 2.15. The van der Waals surface area contributed by atoms with E-state index in [1.807, 2.05) is 44.2 Å². The molecule has 0 saturated heterocycles. The Hall–Kier alpha value is -2.63. The van der Waals surface area contributed by atoms with E-state index in [-0.39, 0.29) is 18.4 Å². The Kier molecular flexibility index (Phi) is 5.51.